The van der Waals surface area contributed by atoms with Crippen molar-refractivity contribution in [2.75, 3.05) is 4.72 Å². The Morgan fingerprint density at radius 1 is 1.10 bits per heavy atom. The summed E-state index contributed by atoms with van der Waals surface area (Å²) in [5.41, 5.74) is 0.592. The minimum atomic E-state index is -4.54. The number of anilines is 1. The molecule has 0 amide bonds. The molecule has 4 aromatic rings. The summed E-state index contributed by atoms with van der Waals surface area (Å²) >= 11 is 5.98. The van der Waals surface area contributed by atoms with Crippen LogP contribution in [0.1, 0.15) is 21.5 Å². The maximum atomic E-state index is 13.0. The number of carbonyl (C=O) groups excluding carboxylic acids is 1. The van der Waals surface area contributed by atoms with Crippen molar-refractivity contribution in [1.29, 1.82) is 0 Å². The van der Waals surface area contributed by atoms with Gasteiger partial charge in [-0.05, 0) is 36.4 Å². The summed E-state index contributed by atoms with van der Waals surface area (Å²) in [7, 11) is -1.96. The van der Waals surface area contributed by atoms with E-state index in [0.717, 1.165) is 12.1 Å². The van der Waals surface area contributed by atoms with Crippen molar-refractivity contribution in [3.8, 4) is 0 Å². The van der Waals surface area contributed by atoms with Crippen molar-refractivity contribution < 1.29 is 22.2 Å². The monoisotopic (exact) mass is 463 g/mol. The smallest absolute Gasteiger partial charge is 0.345 e. The van der Waals surface area contributed by atoms with Crippen molar-refractivity contribution in [3.05, 3.63) is 88.7 Å². The lowest BCUT2D eigenvalue weighted by Crippen LogP contribution is -2.09. The van der Waals surface area contributed by atoms with Gasteiger partial charge in [0.15, 0.2) is 5.78 Å². The fourth-order valence-electron chi connectivity index (χ4n) is 3.00. The summed E-state index contributed by atoms with van der Waals surface area (Å²) in [6, 6.07) is 12.1. The number of hydrogen-bond donors (Lipinski definition) is 2. The standard InChI is InChI=1S/C21H13ClF3N3O2S/c22-14-9-17-18(11-27-20(17)26-10-14)19(29)12-3-1-5-15(7-12)28-31(30)16-6-2-4-13(8-16)21(23,24)25/h1-11,28H,(H,26,27). The maximum Gasteiger partial charge on any atom is 0.416 e. The highest BCUT2D eigenvalue weighted by atomic mass is 35.5. The average Bonchev–Trinajstić information content (AvgIpc) is 3.16. The first-order valence-corrected chi connectivity index (χ1v) is 10.4. The van der Waals surface area contributed by atoms with E-state index in [-0.39, 0.29) is 10.7 Å². The molecule has 1 atom stereocenters. The largest absolute Gasteiger partial charge is 0.416 e. The van der Waals surface area contributed by atoms with Crippen LogP contribution < -0.4 is 4.72 Å². The lowest BCUT2D eigenvalue weighted by Gasteiger charge is -2.10. The summed E-state index contributed by atoms with van der Waals surface area (Å²) in [6.07, 6.45) is -1.55. The van der Waals surface area contributed by atoms with Gasteiger partial charge in [-0.15, -0.1) is 0 Å². The molecule has 1 unspecified atom stereocenters. The molecular weight excluding hydrogens is 451 g/mol. The molecule has 0 aliphatic carbocycles. The Bertz CT molecular complexity index is 1320. The van der Waals surface area contributed by atoms with Gasteiger partial charge in [-0.2, -0.15) is 13.2 Å². The van der Waals surface area contributed by atoms with E-state index < -0.39 is 22.7 Å². The van der Waals surface area contributed by atoms with Crippen LogP contribution in [-0.4, -0.2) is 20.0 Å². The molecule has 0 saturated carbocycles. The average molecular weight is 464 g/mol. The highest BCUT2D eigenvalue weighted by molar-refractivity contribution is 7.86. The Balaban J connectivity index is 1.59. The van der Waals surface area contributed by atoms with Crippen LogP contribution in [0.15, 0.2) is 71.9 Å². The number of nitrogens with zero attached hydrogens (tertiary/aromatic N) is 1. The summed E-state index contributed by atoms with van der Waals surface area (Å²) in [5, 5.41) is 0.941. The van der Waals surface area contributed by atoms with E-state index >= 15 is 0 Å². The number of nitrogens with one attached hydrogen (secondary N) is 2. The van der Waals surface area contributed by atoms with Crippen molar-refractivity contribution in [2.45, 2.75) is 11.1 Å². The summed E-state index contributed by atoms with van der Waals surface area (Å²) in [6.45, 7) is 0. The second-order valence-electron chi connectivity index (χ2n) is 6.56. The van der Waals surface area contributed by atoms with Gasteiger partial charge in [0.1, 0.15) is 16.6 Å². The van der Waals surface area contributed by atoms with E-state index in [1.165, 1.54) is 30.6 Å². The highest BCUT2D eigenvalue weighted by Crippen LogP contribution is 2.30. The van der Waals surface area contributed by atoms with Crippen molar-refractivity contribution in [1.82, 2.24) is 9.97 Å². The normalized spacial score (nSPS) is 12.6. The lowest BCUT2D eigenvalue weighted by molar-refractivity contribution is -0.137. The van der Waals surface area contributed by atoms with Gasteiger partial charge in [-0.1, -0.05) is 29.8 Å². The fraction of sp³-hybridized carbons (Fsp3) is 0.0476. The van der Waals surface area contributed by atoms with Gasteiger partial charge in [0, 0.05) is 34.6 Å². The van der Waals surface area contributed by atoms with Crippen LogP contribution in [0.5, 0.6) is 0 Å². The van der Waals surface area contributed by atoms with Crippen LogP contribution in [0.3, 0.4) is 0 Å². The number of pyridine rings is 1. The molecule has 0 aliphatic heterocycles. The molecule has 2 N–H and O–H groups in total. The molecule has 0 aliphatic rings. The van der Waals surface area contributed by atoms with E-state index in [2.05, 4.69) is 14.7 Å². The quantitative estimate of drug-likeness (QED) is 0.378. The highest BCUT2D eigenvalue weighted by Gasteiger charge is 2.30. The third kappa shape index (κ3) is 4.47. The molecule has 0 spiro atoms. The molecule has 158 valence electrons. The van der Waals surface area contributed by atoms with E-state index in [0.29, 0.717) is 32.9 Å². The third-order valence-electron chi connectivity index (χ3n) is 4.45. The number of aromatic amines is 1. The van der Waals surface area contributed by atoms with Crippen LogP contribution in [0.25, 0.3) is 11.0 Å². The van der Waals surface area contributed by atoms with Crippen molar-refractivity contribution in [2.24, 2.45) is 0 Å². The molecule has 2 aromatic heterocycles. The Morgan fingerprint density at radius 3 is 2.65 bits per heavy atom. The van der Waals surface area contributed by atoms with Gasteiger partial charge in [0.25, 0.3) is 0 Å². The number of rotatable bonds is 5. The molecule has 0 bridgehead atoms. The van der Waals surface area contributed by atoms with Crippen molar-refractivity contribution >= 4 is 45.1 Å². The minimum Gasteiger partial charge on any atom is -0.345 e. The van der Waals surface area contributed by atoms with Gasteiger partial charge in [0.05, 0.1) is 15.5 Å². The van der Waals surface area contributed by atoms with E-state index in [9.17, 15) is 22.2 Å². The third-order valence-corrected chi connectivity index (χ3v) is 5.76. The van der Waals surface area contributed by atoms with Gasteiger partial charge in [0.2, 0.25) is 0 Å². The summed E-state index contributed by atoms with van der Waals surface area (Å²) < 4.78 is 53.9. The van der Waals surface area contributed by atoms with Crippen LogP contribution >= 0.6 is 11.6 Å². The Labute approximate surface area is 181 Å². The first kappa shape index (κ1) is 21.1. The molecule has 2 aromatic carbocycles. The molecular formula is C21H13ClF3N3O2S. The Kier molecular flexibility index (Phi) is 5.55. The summed E-state index contributed by atoms with van der Waals surface area (Å²) in [5.74, 6) is -0.316. The Hall–Kier alpha value is -3.17. The SMILES string of the molecule is O=C(c1cccc(NS(=O)c2cccc(C(F)(F)F)c2)c1)c1c[nH]c2ncc(Cl)cc12. The van der Waals surface area contributed by atoms with Crippen LogP contribution in [0, 0.1) is 0 Å². The van der Waals surface area contributed by atoms with E-state index in [1.54, 1.807) is 24.3 Å². The number of H-pyrrole nitrogens is 1. The number of benzene rings is 2. The number of ketones is 1. The molecule has 2 heterocycles. The van der Waals surface area contributed by atoms with Gasteiger partial charge in [-0.25, -0.2) is 9.19 Å². The van der Waals surface area contributed by atoms with Crippen molar-refractivity contribution in [3.63, 3.8) is 0 Å². The zero-order valence-corrected chi connectivity index (χ0v) is 17.1. The molecule has 5 nitrogen and oxygen atoms in total. The van der Waals surface area contributed by atoms with Gasteiger partial charge in [-0.3, -0.25) is 4.79 Å². The second kappa shape index (κ2) is 8.16. The molecule has 4 rings (SSSR count). The summed E-state index contributed by atoms with van der Waals surface area (Å²) in [4.78, 5) is 20.0. The number of fused-ring (bicyclic) bond motifs is 1. The Morgan fingerprint density at radius 2 is 1.87 bits per heavy atom. The molecule has 0 radical (unpaired) electrons. The van der Waals surface area contributed by atoms with Crippen LogP contribution in [0.2, 0.25) is 5.02 Å². The predicted molar refractivity (Wildman–Crippen MR) is 112 cm³/mol. The second-order valence-corrected chi connectivity index (χ2v) is 8.21. The van der Waals surface area contributed by atoms with Gasteiger partial charge < -0.3 is 9.71 Å². The minimum absolute atomic E-state index is 0.0381. The molecule has 31 heavy (non-hydrogen) atoms. The number of halogens is 4. The first-order valence-electron chi connectivity index (χ1n) is 8.85. The molecule has 0 fully saturated rings. The molecule has 10 heteroatoms. The number of hydrogen-bond acceptors (Lipinski definition) is 3. The van der Waals surface area contributed by atoms with E-state index in [4.69, 9.17) is 11.6 Å². The zero-order chi connectivity index (χ0) is 22.2. The maximum absolute atomic E-state index is 13.0. The molecule has 0 saturated heterocycles. The number of aromatic nitrogens is 2. The van der Waals surface area contributed by atoms with Crippen LogP contribution in [0.4, 0.5) is 18.9 Å². The number of carbonyl (C=O) groups is 1. The first-order chi connectivity index (χ1) is 14.7. The topological polar surface area (TPSA) is 74.8 Å². The van der Waals surface area contributed by atoms with Gasteiger partial charge >= 0.3 is 6.18 Å². The van der Waals surface area contributed by atoms with E-state index in [1.807, 2.05) is 0 Å². The lowest BCUT2D eigenvalue weighted by atomic mass is 10.0. The fourth-order valence-corrected chi connectivity index (χ4v) is 4.05. The number of alkyl halides is 3. The zero-order valence-electron chi connectivity index (χ0n) is 15.5. The van der Waals surface area contributed by atoms with Crippen LogP contribution in [-0.2, 0) is 17.2 Å². The predicted octanol–water partition coefficient (Wildman–Crippen LogP) is 5.60.